The highest BCUT2D eigenvalue weighted by atomic mass is 32.1. The molecule has 1 unspecified atom stereocenters. The van der Waals surface area contributed by atoms with Crippen LogP contribution in [0.5, 0.6) is 0 Å². The van der Waals surface area contributed by atoms with Gasteiger partial charge in [-0.15, -0.1) is 11.3 Å². The second kappa shape index (κ2) is 9.16. The van der Waals surface area contributed by atoms with Gasteiger partial charge in [0.15, 0.2) is 0 Å². The number of carbonyl (C=O) groups excluding carboxylic acids is 2. The first kappa shape index (κ1) is 21.5. The van der Waals surface area contributed by atoms with Crippen LogP contribution in [0.25, 0.3) is 10.1 Å². The molecule has 2 aromatic carbocycles. The van der Waals surface area contributed by atoms with E-state index in [1.165, 1.54) is 23.5 Å². The normalized spacial score (nSPS) is 16.3. The Morgan fingerprint density at radius 1 is 1.19 bits per heavy atom. The van der Waals surface area contributed by atoms with E-state index in [4.69, 9.17) is 0 Å². The molecule has 1 aromatic heterocycles. The van der Waals surface area contributed by atoms with Crippen LogP contribution in [0.1, 0.15) is 33.1 Å². The van der Waals surface area contributed by atoms with E-state index in [2.05, 4.69) is 11.4 Å². The molecule has 0 bridgehead atoms. The Morgan fingerprint density at radius 2 is 1.94 bits per heavy atom. The average molecular weight is 440 g/mol. The monoisotopic (exact) mass is 439 g/mol. The fraction of sp³-hybridized carbons (Fsp3) is 0.333. The number of benzene rings is 2. The molecule has 2 heterocycles. The van der Waals surface area contributed by atoms with Crippen molar-refractivity contribution in [2.75, 3.05) is 33.7 Å². The number of amides is 2. The Balaban J connectivity index is 1.45. The summed E-state index contributed by atoms with van der Waals surface area (Å²) in [5.41, 5.74) is 2.03. The number of nitrogens with zero attached hydrogens (tertiary/aromatic N) is 2. The number of likely N-dealkylation sites (N-methyl/N-ethyl adjacent to an activating group) is 1. The third kappa shape index (κ3) is 4.62. The van der Waals surface area contributed by atoms with E-state index in [0.29, 0.717) is 26.2 Å². The van der Waals surface area contributed by atoms with Gasteiger partial charge in [-0.25, -0.2) is 4.39 Å². The standard InChI is InChI=1S/C24H26FN3O2S/c1-26-24(30)23-22(19-5-3-4-6-20(19)31-23)17-11-12-28(14-17)21(29)15-27(2)13-16-7-9-18(25)10-8-16/h3-10,17H,11-15H2,1-2H3,(H,26,30). The summed E-state index contributed by atoms with van der Waals surface area (Å²) in [6.45, 7) is 2.19. The minimum Gasteiger partial charge on any atom is -0.354 e. The predicted octanol–water partition coefficient (Wildman–Crippen LogP) is 3.85. The second-order valence-corrected chi connectivity index (χ2v) is 9.10. The number of fused-ring (bicyclic) bond motifs is 1. The molecule has 0 aliphatic carbocycles. The molecule has 162 valence electrons. The third-order valence-electron chi connectivity index (χ3n) is 5.79. The molecular formula is C24H26FN3O2S. The maximum absolute atomic E-state index is 13.1. The van der Waals surface area contributed by atoms with Gasteiger partial charge in [-0.2, -0.15) is 0 Å². The molecule has 1 N–H and O–H groups in total. The first-order valence-corrected chi connectivity index (χ1v) is 11.2. The maximum Gasteiger partial charge on any atom is 0.261 e. The molecular weight excluding hydrogens is 413 g/mol. The van der Waals surface area contributed by atoms with Gasteiger partial charge in [0, 0.05) is 37.3 Å². The smallest absolute Gasteiger partial charge is 0.261 e. The van der Waals surface area contributed by atoms with Gasteiger partial charge in [-0.1, -0.05) is 30.3 Å². The first-order valence-electron chi connectivity index (χ1n) is 10.4. The van der Waals surface area contributed by atoms with Crippen LogP contribution in [0.15, 0.2) is 48.5 Å². The van der Waals surface area contributed by atoms with Gasteiger partial charge in [0.2, 0.25) is 5.91 Å². The summed E-state index contributed by atoms with van der Waals surface area (Å²) >= 11 is 1.52. The maximum atomic E-state index is 13.1. The molecule has 0 spiro atoms. The molecule has 4 rings (SSSR count). The first-order chi connectivity index (χ1) is 15.0. The van der Waals surface area contributed by atoms with Crippen LogP contribution in [-0.2, 0) is 11.3 Å². The minimum atomic E-state index is -0.261. The lowest BCUT2D eigenvalue weighted by Gasteiger charge is -2.22. The van der Waals surface area contributed by atoms with Crippen LogP contribution in [-0.4, -0.2) is 55.3 Å². The second-order valence-electron chi connectivity index (χ2n) is 8.04. The summed E-state index contributed by atoms with van der Waals surface area (Å²) in [5, 5.41) is 3.86. The highest BCUT2D eigenvalue weighted by Crippen LogP contribution is 2.40. The minimum absolute atomic E-state index is 0.0694. The lowest BCUT2D eigenvalue weighted by molar-refractivity contribution is -0.131. The molecule has 31 heavy (non-hydrogen) atoms. The quantitative estimate of drug-likeness (QED) is 0.635. The highest BCUT2D eigenvalue weighted by molar-refractivity contribution is 7.21. The predicted molar refractivity (Wildman–Crippen MR) is 122 cm³/mol. The molecule has 0 radical (unpaired) electrons. The lowest BCUT2D eigenvalue weighted by atomic mass is 9.95. The highest BCUT2D eigenvalue weighted by Gasteiger charge is 2.32. The van der Waals surface area contributed by atoms with E-state index in [9.17, 15) is 14.0 Å². The van der Waals surface area contributed by atoms with E-state index in [-0.39, 0.29) is 23.5 Å². The Morgan fingerprint density at radius 3 is 2.68 bits per heavy atom. The summed E-state index contributed by atoms with van der Waals surface area (Å²) in [4.78, 5) is 30.0. The van der Waals surface area contributed by atoms with Crippen molar-refractivity contribution in [3.63, 3.8) is 0 Å². The van der Waals surface area contributed by atoms with Crippen molar-refractivity contribution in [2.24, 2.45) is 0 Å². The zero-order chi connectivity index (χ0) is 22.0. The van der Waals surface area contributed by atoms with Crippen molar-refractivity contribution in [2.45, 2.75) is 18.9 Å². The van der Waals surface area contributed by atoms with Gasteiger partial charge >= 0.3 is 0 Å². The molecule has 1 saturated heterocycles. The summed E-state index contributed by atoms with van der Waals surface area (Å²) in [7, 11) is 3.54. The number of thiophene rings is 1. The molecule has 7 heteroatoms. The van der Waals surface area contributed by atoms with E-state index >= 15 is 0 Å². The molecule has 0 saturated carbocycles. The summed E-state index contributed by atoms with van der Waals surface area (Å²) in [5.74, 6) is -0.106. The van der Waals surface area contributed by atoms with E-state index in [0.717, 1.165) is 32.5 Å². The molecule has 3 aromatic rings. The SMILES string of the molecule is CNC(=O)c1sc2ccccc2c1C1CCN(C(=O)CN(C)Cc2ccc(F)cc2)C1. The van der Waals surface area contributed by atoms with E-state index < -0.39 is 0 Å². The van der Waals surface area contributed by atoms with Gasteiger partial charge < -0.3 is 10.2 Å². The van der Waals surface area contributed by atoms with E-state index in [1.807, 2.05) is 35.0 Å². The van der Waals surface area contributed by atoms with Gasteiger partial charge in [-0.3, -0.25) is 14.5 Å². The number of hydrogen-bond donors (Lipinski definition) is 1. The number of nitrogens with one attached hydrogen (secondary N) is 1. The Bertz CT molecular complexity index is 1100. The Labute approximate surface area is 185 Å². The van der Waals surface area contributed by atoms with Gasteiger partial charge in [0.05, 0.1) is 11.4 Å². The fourth-order valence-electron chi connectivity index (χ4n) is 4.26. The largest absolute Gasteiger partial charge is 0.354 e. The Kier molecular flexibility index (Phi) is 6.34. The Hall–Kier alpha value is -2.77. The zero-order valence-corrected chi connectivity index (χ0v) is 18.5. The molecule has 1 aliphatic heterocycles. The van der Waals surface area contributed by atoms with E-state index in [1.54, 1.807) is 19.2 Å². The fourth-order valence-corrected chi connectivity index (χ4v) is 5.50. The number of carbonyl (C=O) groups is 2. The van der Waals surface area contributed by atoms with Crippen molar-refractivity contribution in [1.29, 1.82) is 0 Å². The molecule has 1 atom stereocenters. The summed E-state index contributed by atoms with van der Waals surface area (Å²) < 4.78 is 14.2. The molecule has 1 aliphatic rings. The van der Waals surface area contributed by atoms with Gasteiger partial charge in [0.25, 0.3) is 5.91 Å². The van der Waals surface area contributed by atoms with Crippen molar-refractivity contribution < 1.29 is 14.0 Å². The van der Waals surface area contributed by atoms with Gasteiger partial charge in [-0.05, 0) is 48.2 Å². The molecule has 1 fully saturated rings. The van der Waals surface area contributed by atoms with Crippen LogP contribution in [0.4, 0.5) is 4.39 Å². The summed E-state index contributed by atoms with van der Waals surface area (Å²) in [6, 6.07) is 14.4. The van der Waals surface area contributed by atoms with Crippen molar-refractivity contribution in [3.05, 3.63) is 70.4 Å². The number of likely N-dealkylation sites (tertiary alicyclic amines) is 1. The number of halogens is 1. The third-order valence-corrected chi connectivity index (χ3v) is 6.97. The number of rotatable bonds is 6. The zero-order valence-electron chi connectivity index (χ0n) is 17.7. The average Bonchev–Trinajstić information content (AvgIpc) is 3.39. The van der Waals surface area contributed by atoms with Crippen LogP contribution >= 0.6 is 11.3 Å². The van der Waals surface area contributed by atoms with Gasteiger partial charge in [0.1, 0.15) is 5.82 Å². The molecule has 2 amide bonds. The van der Waals surface area contributed by atoms with Crippen LogP contribution < -0.4 is 5.32 Å². The van der Waals surface area contributed by atoms with Crippen LogP contribution in [0.3, 0.4) is 0 Å². The van der Waals surface area contributed by atoms with Crippen LogP contribution in [0, 0.1) is 5.82 Å². The molecule has 5 nitrogen and oxygen atoms in total. The van der Waals surface area contributed by atoms with Crippen molar-refractivity contribution in [1.82, 2.24) is 15.1 Å². The number of hydrogen-bond acceptors (Lipinski definition) is 4. The lowest BCUT2D eigenvalue weighted by Crippen LogP contribution is -2.37. The summed E-state index contributed by atoms with van der Waals surface area (Å²) in [6.07, 6.45) is 0.845. The van der Waals surface area contributed by atoms with Crippen molar-refractivity contribution in [3.8, 4) is 0 Å². The topological polar surface area (TPSA) is 52.7 Å². The van der Waals surface area contributed by atoms with Crippen molar-refractivity contribution >= 4 is 33.2 Å². The van der Waals surface area contributed by atoms with Crippen LogP contribution in [0.2, 0.25) is 0 Å².